The zero-order valence-corrected chi connectivity index (χ0v) is 11.6. The summed E-state index contributed by atoms with van der Waals surface area (Å²) in [7, 11) is 0.833. The smallest absolute Gasteiger partial charge is 0.367 e. The molecule has 1 unspecified atom stereocenters. The van der Waals surface area contributed by atoms with Crippen molar-refractivity contribution in [2.45, 2.75) is 24.1 Å². The lowest BCUT2D eigenvalue weighted by molar-refractivity contribution is 0.0352. The van der Waals surface area contributed by atoms with Crippen LogP contribution in [0.5, 0.6) is 0 Å². The van der Waals surface area contributed by atoms with Crippen molar-refractivity contribution in [1.82, 2.24) is 0 Å². The van der Waals surface area contributed by atoms with E-state index in [1.165, 1.54) is 0 Å². The molecule has 1 nitrogen and oxygen atoms in total. The summed E-state index contributed by atoms with van der Waals surface area (Å²) in [6, 6.07) is -2.62. The van der Waals surface area contributed by atoms with Crippen molar-refractivity contribution in [3.8, 4) is 0 Å². The highest BCUT2D eigenvalue weighted by molar-refractivity contribution is 7.66. The Balaban J connectivity index is 2.64. The number of ether oxygens (including phenoxy) is 1. The van der Waals surface area contributed by atoms with Crippen LogP contribution in [0.25, 0.3) is 0 Å². The fourth-order valence-electron chi connectivity index (χ4n) is 1.16. The molecule has 0 aromatic carbocycles. The molecule has 1 aliphatic rings. The summed E-state index contributed by atoms with van der Waals surface area (Å²) >= 11 is 17.8. The molecule has 0 radical (unpaired) electrons. The SMILES string of the molecule is [SiH3]C1([Si](Cl)(Cl)Cl)CCCCO1. The number of rotatable bonds is 1. The summed E-state index contributed by atoms with van der Waals surface area (Å²) < 4.78 is 5.56. The molecule has 1 atom stereocenters. The van der Waals surface area contributed by atoms with Crippen LogP contribution < -0.4 is 0 Å². The van der Waals surface area contributed by atoms with Gasteiger partial charge in [0, 0.05) is 16.8 Å². The molecule has 6 heteroatoms. The molecule has 0 bridgehead atoms. The molecule has 1 aliphatic heterocycles. The first-order chi connectivity index (χ1) is 4.96. The molecule has 1 rings (SSSR count). The Hall–Kier alpha value is 1.26. The third kappa shape index (κ3) is 2.35. The van der Waals surface area contributed by atoms with Crippen LogP contribution in [-0.4, -0.2) is 27.7 Å². The summed E-state index contributed by atoms with van der Waals surface area (Å²) in [5.74, 6) is 0. The van der Waals surface area contributed by atoms with Crippen LogP contribution in [0.3, 0.4) is 0 Å². The molecule has 0 saturated carbocycles. The maximum atomic E-state index is 5.93. The molecule has 0 amide bonds. The van der Waals surface area contributed by atoms with Gasteiger partial charge in [0.05, 0.1) is 4.85 Å². The zero-order valence-electron chi connectivity index (χ0n) is 6.37. The highest BCUT2D eigenvalue weighted by Gasteiger charge is 2.49. The molecule has 0 aromatic rings. The summed E-state index contributed by atoms with van der Waals surface area (Å²) in [4.78, 5) is -0.310. The van der Waals surface area contributed by atoms with Crippen LogP contribution in [-0.2, 0) is 4.74 Å². The van der Waals surface area contributed by atoms with Gasteiger partial charge in [-0.15, -0.1) is 33.2 Å². The molecule has 66 valence electrons. The van der Waals surface area contributed by atoms with E-state index in [4.69, 9.17) is 38.0 Å². The molecule has 0 spiro atoms. The lowest BCUT2D eigenvalue weighted by Crippen LogP contribution is -2.52. The second-order valence-electron chi connectivity index (χ2n) is 3.03. The first-order valence-corrected chi connectivity index (χ1v) is 9.70. The fraction of sp³-hybridized carbons (Fsp3) is 1.00. The Morgan fingerprint density at radius 2 is 1.91 bits per heavy atom. The van der Waals surface area contributed by atoms with E-state index in [0.29, 0.717) is 0 Å². The highest BCUT2D eigenvalue weighted by atomic mass is 35.8. The van der Waals surface area contributed by atoms with Gasteiger partial charge in [-0.1, -0.05) is 0 Å². The van der Waals surface area contributed by atoms with Crippen molar-refractivity contribution in [2.24, 2.45) is 0 Å². The van der Waals surface area contributed by atoms with E-state index < -0.39 is 6.00 Å². The average molecular weight is 250 g/mol. The monoisotopic (exact) mass is 248 g/mol. The van der Waals surface area contributed by atoms with Gasteiger partial charge in [0.2, 0.25) is 0 Å². The van der Waals surface area contributed by atoms with Crippen molar-refractivity contribution in [3.05, 3.63) is 0 Å². The van der Waals surface area contributed by atoms with Gasteiger partial charge in [0.1, 0.15) is 0 Å². The van der Waals surface area contributed by atoms with Gasteiger partial charge in [-0.25, -0.2) is 0 Å². The second-order valence-corrected chi connectivity index (χ2v) is 14.5. The largest absolute Gasteiger partial charge is 0.379 e. The maximum absolute atomic E-state index is 5.93. The van der Waals surface area contributed by atoms with Crippen molar-refractivity contribution in [3.63, 3.8) is 0 Å². The van der Waals surface area contributed by atoms with Gasteiger partial charge in [0.25, 0.3) is 0 Å². The number of halogens is 3. The fourth-order valence-corrected chi connectivity index (χ4v) is 3.78. The quantitative estimate of drug-likeness (QED) is 0.505. The first-order valence-electron chi connectivity index (χ1n) is 3.66. The van der Waals surface area contributed by atoms with Crippen LogP contribution in [0.1, 0.15) is 19.3 Å². The summed E-state index contributed by atoms with van der Waals surface area (Å²) in [5.41, 5.74) is 0. The highest BCUT2D eigenvalue weighted by Crippen LogP contribution is 2.38. The third-order valence-corrected chi connectivity index (χ3v) is 13.2. The normalized spacial score (nSPS) is 34.1. The van der Waals surface area contributed by atoms with E-state index in [9.17, 15) is 0 Å². The predicted molar refractivity (Wildman–Crippen MR) is 55.8 cm³/mol. The van der Waals surface area contributed by atoms with Gasteiger partial charge in [-0.05, 0) is 19.3 Å². The number of hydrogen-bond donors (Lipinski definition) is 0. The van der Waals surface area contributed by atoms with Crippen molar-refractivity contribution in [2.75, 3.05) is 6.61 Å². The van der Waals surface area contributed by atoms with Gasteiger partial charge in [-0.3, -0.25) is 0 Å². The Labute approximate surface area is 84.9 Å². The van der Waals surface area contributed by atoms with E-state index in [1.54, 1.807) is 0 Å². The molecule has 0 aromatic heterocycles. The van der Waals surface area contributed by atoms with Crippen LogP contribution in [0.4, 0.5) is 0 Å². The van der Waals surface area contributed by atoms with E-state index >= 15 is 0 Å². The lowest BCUT2D eigenvalue weighted by Gasteiger charge is -2.37. The number of hydrogen-bond acceptors (Lipinski definition) is 1. The van der Waals surface area contributed by atoms with Crippen molar-refractivity contribution < 1.29 is 4.74 Å². The molecule has 1 saturated heterocycles. The minimum atomic E-state index is -2.62. The van der Waals surface area contributed by atoms with Gasteiger partial charge in [0.15, 0.2) is 0 Å². The topological polar surface area (TPSA) is 9.23 Å². The minimum absolute atomic E-state index is 0.310. The molecular weight excluding hydrogens is 239 g/mol. The Morgan fingerprint density at radius 1 is 1.27 bits per heavy atom. The summed E-state index contributed by atoms with van der Waals surface area (Å²) in [6.07, 6.45) is 3.20. The third-order valence-electron chi connectivity index (χ3n) is 2.07. The van der Waals surface area contributed by atoms with E-state index in [1.807, 2.05) is 0 Å². The van der Waals surface area contributed by atoms with E-state index in [-0.39, 0.29) is 4.85 Å². The molecule has 0 aliphatic carbocycles. The standard InChI is InChI=1S/C5H11Cl3OSi2/c6-11(7,8)5(10)3-1-2-4-9-5/h1-4H2,10H3. The lowest BCUT2D eigenvalue weighted by atomic mass is 10.2. The van der Waals surface area contributed by atoms with E-state index in [0.717, 1.165) is 36.1 Å². The zero-order chi connectivity index (χ0) is 8.54. The van der Waals surface area contributed by atoms with Crippen LogP contribution in [0.15, 0.2) is 0 Å². The van der Waals surface area contributed by atoms with Crippen LogP contribution in [0.2, 0.25) is 0 Å². The second kappa shape index (κ2) is 3.56. The van der Waals surface area contributed by atoms with Gasteiger partial charge >= 0.3 is 6.00 Å². The Kier molecular flexibility index (Phi) is 3.35. The predicted octanol–water partition coefficient (Wildman–Crippen LogP) is 1.44. The van der Waals surface area contributed by atoms with E-state index in [2.05, 4.69) is 0 Å². The van der Waals surface area contributed by atoms with Crippen molar-refractivity contribution >= 4 is 49.5 Å². The maximum Gasteiger partial charge on any atom is 0.367 e. The molecule has 0 N–H and O–H groups in total. The summed E-state index contributed by atoms with van der Waals surface area (Å²) in [5, 5.41) is 0. The minimum Gasteiger partial charge on any atom is -0.379 e. The molecular formula is C5H11Cl3OSi2. The molecule has 1 heterocycles. The van der Waals surface area contributed by atoms with Gasteiger partial charge in [-0.2, -0.15) is 0 Å². The molecule has 1 fully saturated rings. The molecule has 11 heavy (non-hydrogen) atoms. The van der Waals surface area contributed by atoms with Crippen LogP contribution >= 0.6 is 33.2 Å². The average Bonchev–Trinajstić information content (AvgIpc) is 1.87. The summed E-state index contributed by atoms with van der Waals surface area (Å²) in [6.45, 7) is 0.768. The Morgan fingerprint density at radius 3 is 2.18 bits per heavy atom. The Bertz CT molecular complexity index is 141. The van der Waals surface area contributed by atoms with Gasteiger partial charge < -0.3 is 4.74 Å². The van der Waals surface area contributed by atoms with Crippen LogP contribution in [0, 0.1) is 0 Å². The first kappa shape index (κ1) is 10.3. The van der Waals surface area contributed by atoms with Crippen molar-refractivity contribution in [1.29, 1.82) is 0 Å².